The van der Waals surface area contributed by atoms with E-state index in [4.69, 9.17) is 21.1 Å². The third-order valence-corrected chi connectivity index (χ3v) is 8.10. The van der Waals surface area contributed by atoms with Gasteiger partial charge >= 0.3 is 5.97 Å². The molecule has 0 fully saturated rings. The van der Waals surface area contributed by atoms with Crippen molar-refractivity contribution < 1.29 is 14.3 Å². The number of hydrogen-bond donors (Lipinski definition) is 0. The van der Waals surface area contributed by atoms with Gasteiger partial charge in [0.15, 0.2) is 4.80 Å². The van der Waals surface area contributed by atoms with Gasteiger partial charge in [-0.25, -0.2) is 9.79 Å². The number of fused-ring (bicyclic) bond motifs is 1. The summed E-state index contributed by atoms with van der Waals surface area (Å²) in [6, 6.07) is 22.2. The van der Waals surface area contributed by atoms with Crippen molar-refractivity contribution in [2.45, 2.75) is 26.5 Å². The Bertz CT molecular complexity index is 1810. The second-order valence-electron chi connectivity index (χ2n) is 9.74. The Morgan fingerprint density at radius 3 is 2.56 bits per heavy atom. The topological polar surface area (TPSA) is 73.1 Å². The number of benzene rings is 3. The molecule has 41 heavy (non-hydrogen) atoms. The number of nitrogens with zero attached hydrogens (tertiary/aromatic N) is 3. The average Bonchev–Trinajstić information content (AvgIpc) is 3.26. The molecule has 0 saturated carbocycles. The third-order valence-electron chi connectivity index (χ3n) is 6.75. The summed E-state index contributed by atoms with van der Waals surface area (Å²) in [6.45, 7) is 4.09. The van der Waals surface area contributed by atoms with Crippen LogP contribution in [0.3, 0.4) is 0 Å². The molecule has 4 aromatic rings. The standard InChI is InChI=1S/C32H30ClN3O4S/c1-5-39-31(38)28-20(2)34-32-36(29(28)22-13-15-24(16-14-22)35(3)4)30(37)27(41-32)18-21-9-8-11-25(17-21)40-19-23-10-6-7-12-26(23)33/h6-18,29H,5,19H2,1-4H3/b27-18-/t29-/m1/s1. The van der Waals surface area contributed by atoms with E-state index in [-0.39, 0.29) is 12.2 Å². The maximum Gasteiger partial charge on any atom is 0.338 e. The molecule has 0 N–H and O–H groups in total. The number of anilines is 1. The van der Waals surface area contributed by atoms with E-state index in [9.17, 15) is 9.59 Å². The van der Waals surface area contributed by atoms with Gasteiger partial charge < -0.3 is 14.4 Å². The molecule has 5 rings (SSSR count). The minimum Gasteiger partial charge on any atom is -0.489 e. The van der Waals surface area contributed by atoms with Crippen LogP contribution in [0.1, 0.15) is 36.6 Å². The summed E-state index contributed by atoms with van der Waals surface area (Å²) in [7, 11) is 3.92. The van der Waals surface area contributed by atoms with Gasteiger partial charge in [0.25, 0.3) is 5.56 Å². The SMILES string of the molecule is CCOC(=O)C1=C(C)N=c2s/c(=C\c3cccc(OCc4ccccc4Cl)c3)c(=O)n2[C@@H]1c1ccc(N(C)C)cc1. The molecular weight excluding hydrogens is 558 g/mol. The Balaban J connectivity index is 1.55. The minimum atomic E-state index is -0.658. The first-order chi connectivity index (χ1) is 19.8. The van der Waals surface area contributed by atoms with Crippen LogP contribution >= 0.6 is 22.9 Å². The molecule has 1 atom stereocenters. The number of carbonyl (C=O) groups excluding carboxylic acids is 1. The molecular formula is C32H30ClN3O4S. The van der Waals surface area contributed by atoms with Crippen LogP contribution in [0.5, 0.6) is 5.75 Å². The molecule has 0 spiro atoms. The van der Waals surface area contributed by atoms with E-state index in [1.807, 2.05) is 97.9 Å². The van der Waals surface area contributed by atoms with Gasteiger partial charge in [-0.2, -0.15) is 0 Å². The largest absolute Gasteiger partial charge is 0.489 e. The fourth-order valence-electron chi connectivity index (χ4n) is 4.68. The Labute approximate surface area is 247 Å². The molecule has 0 unspecified atom stereocenters. The predicted molar refractivity (Wildman–Crippen MR) is 163 cm³/mol. The van der Waals surface area contributed by atoms with Crippen LogP contribution < -0.4 is 24.5 Å². The van der Waals surface area contributed by atoms with Gasteiger partial charge in [-0.3, -0.25) is 9.36 Å². The molecule has 0 saturated heterocycles. The van der Waals surface area contributed by atoms with Crippen molar-refractivity contribution >= 4 is 40.7 Å². The van der Waals surface area contributed by atoms with Gasteiger partial charge in [0, 0.05) is 30.4 Å². The summed E-state index contributed by atoms with van der Waals surface area (Å²) in [6.07, 6.45) is 1.82. The van der Waals surface area contributed by atoms with Crippen LogP contribution in [0, 0.1) is 0 Å². The highest BCUT2D eigenvalue weighted by Crippen LogP contribution is 2.31. The van der Waals surface area contributed by atoms with Crippen LogP contribution in [0.2, 0.25) is 5.02 Å². The van der Waals surface area contributed by atoms with E-state index in [0.717, 1.165) is 22.4 Å². The number of hydrogen-bond acceptors (Lipinski definition) is 7. The molecule has 0 radical (unpaired) electrons. The number of aromatic nitrogens is 1. The molecule has 210 valence electrons. The normalized spacial score (nSPS) is 14.9. The summed E-state index contributed by atoms with van der Waals surface area (Å²) in [5.41, 5.74) is 4.17. The second kappa shape index (κ2) is 12.2. The summed E-state index contributed by atoms with van der Waals surface area (Å²) in [5.74, 6) is 0.179. The minimum absolute atomic E-state index is 0.223. The number of halogens is 1. The van der Waals surface area contributed by atoms with Crippen molar-refractivity contribution in [3.05, 3.63) is 125 Å². The number of rotatable bonds is 8. The average molecular weight is 588 g/mol. The first kappa shape index (κ1) is 28.4. The summed E-state index contributed by atoms with van der Waals surface area (Å²) >= 11 is 7.55. The van der Waals surface area contributed by atoms with Crippen molar-refractivity contribution in [3.8, 4) is 5.75 Å². The molecule has 2 heterocycles. The first-order valence-corrected chi connectivity index (χ1v) is 14.4. The first-order valence-electron chi connectivity index (χ1n) is 13.2. The highest BCUT2D eigenvalue weighted by molar-refractivity contribution is 7.07. The zero-order valence-electron chi connectivity index (χ0n) is 23.3. The van der Waals surface area contributed by atoms with Crippen LogP contribution in [-0.4, -0.2) is 31.2 Å². The van der Waals surface area contributed by atoms with Gasteiger partial charge in [-0.1, -0.05) is 65.4 Å². The van der Waals surface area contributed by atoms with Crippen LogP contribution in [-0.2, 0) is 16.1 Å². The van der Waals surface area contributed by atoms with Crippen LogP contribution in [0.25, 0.3) is 6.08 Å². The van der Waals surface area contributed by atoms with E-state index in [1.54, 1.807) is 18.4 Å². The Morgan fingerprint density at radius 1 is 1.10 bits per heavy atom. The smallest absolute Gasteiger partial charge is 0.338 e. The number of ether oxygens (including phenoxy) is 2. The highest BCUT2D eigenvalue weighted by atomic mass is 35.5. The van der Waals surface area contributed by atoms with Crippen molar-refractivity contribution in [2.75, 3.05) is 25.6 Å². The van der Waals surface area contributed by atoms with Crippen LogP contribution in [0.4, 0.5) is 5.69 Å². The molecule has 1 aliphatic heterocycles. The van der Waals surface area contributed by atoms with E-state index < -0.39 is 12.0 Å². The van der Waals surface area contributed by atoms with E-state index >= 15 is 0 Å². The maximum absolute atomic E-state index is 13.9. The summed E-state index contributed by atoms with van der Waals surface area (Å²) in [4.78, 5) is 34.2. The second-order valence-corrected chi connectivity index (χ2v) is 11.2. The number of allylic oxidation sites excluding steroid dienone is 1. The molecule has 0 aliphatic carbocycles. The molecule has 1 aromatic heterocycles. The number of thiazole rings is 1. The van der Waals surface area contributed by atoms with E-state index in [2.05, 4.69) is 4.99 Å². The fraction of sp³-hybridized carbons (Fsp3) is 0.219. The predicted octanol–water partition coefficient (Wildman–Crippen LogP) is 5.10. The third kappa shape index (κ3) is 5.99. The van der Waals surface area contributed by atoms with E-state index in [0.29, 0.717) is 38.0 Å². The molecule has 1 aliphatic rings. The van der Waals surface area contributed by atoms with E-state index in [1.165, 1.54) is 11.3 Å². The molecule has 0 amide bonds. The zero-order chi connectivity index (χ0) is 29.1. The Kier molecular flexibility index (Phi) is 8.42. The lowest BCUT2D eigenvalue weighted by Gasteiger charge is -2.25. The van der Waals surface area contributed by atoms with Gasteiger partial charge in [0.05, 0.1) is 28.5 Å². The fourth-order valence-corrected chi connectivity index (χ4v) is 5.92. The van der Waals surface area contributed by atoms with Gasteiger partial charge in [-0.05, 0) is 61.4 Å². The summed E-state index contributed by atoms with van der Waals surface area (Å²) < 4.78 is 13.5. The maximum atomic E-state index is 13.9. The lowest BCUT2D eigenvalue weighted by atomic mass is 9.95. The molecule has 7 nitrogen and oxygen atoms in total. The van der Waals surface area contributed by atoms with Gasteiger partial charge in [0.1, 0.15) is 12.4 Å². The number of carbonyl (C=O) groups is 1. The molecule has 0 bridgehead atoms. The lowest BCUT2D eigenvalue weighted by Crippen LogP contribution is -2.39. The van der Waals surface area contributed by atoms with Crippen molar-refractivity contribution in [1.29, 1.82) is 0 Å². The lowest BCUT2D eigenvalue weighted by molar-refractivity contribution is -0.139. The number of esters is 1. The monoisotopic (exact) mass is 587 g/mol. The van der Waals surface area contributed by atoms with Crippen molar-refractivity contribution in [1.82, 2.24) is 4.57 Å². The zero-order valence-corrected chi connectivity index (χ0v) is 24.8. The van der Waals surface area contributed by atoms with Crippen molar-refractivity contribution in [2.24, 2.45) is 4.99 Å². The Morgan fingerprint density at radius 2 is 1.85 bits per heavy atom. The van der Waals surface area contributed by atoms with Crippen molar-refractivity contribution in [3.63, 3.8) is 0 Å². The summed E-state index contributed by atoms with van der Waals surface area (Å²) in [5, 5.41) is 0.646. The molecule has 9 heteroatoms. The Hall–Kier alpha value is -4.14. The van der Waals surface area contributed by atoms with Gasteiger partial charge in [0.2, 0.25) is 0 Å². The quantitative estimate of drug-likeness (QED) is 0.268. The molecule has 3 aromatic carbocycles. The van der Waals surface area contributed by atoms with Crippen LogP contribution in [0.15, 0.2) is 93.9 Å². The highest BCUT2D eigenvalue weighted by Gasteiger charge is 2.33. The van der Waals surface area contributed by atoms with Gasteiger partial charge in [-0.15, -0.1) is 0 Å².